The highest BCUT2D eigenvalue weighted by Crippen LogP contribution is 2.15. The van der Waals surface area contributed by atoms with E-state index in [0.717, 1.165) is 11.4 Å². The Balaban J connectivity index is 1.68. The van der Waals surface area contributed by atoms with Crippen LogP contribution in [0.15, 0.2) is 41.1 Å². The van der Waals surface area contributed by atoms with Gasteiger partial charge in [-0.15, -0.1) is 0 Å². The van der Waals surface area contributed by atoms with E-state index < -0.39 is 11.9 Å². The van der Waals surface area contributed by atoms with Gasteiger partial charge in [0.05, 0.1) is 24.6 Å². The van der Waals surface area contributed by atoms with Crippen molar-refractivity contribution < 1.29 is 23.5 Å². The topological polar surface area (TPSA) is 96.5 Å². The van der Waals surface area contributed by atoms with Crippen molar-refractivity contribution in [2.45, 2.75) is 20.5 Å². The Morgan fingerprint density at radius 1 is 1.19 bits per heavy atom. The first-order valence-corrected chi connectivity index (χ1v) is 7.81. The van der Waals surface area contributed by atoms with E-state index in [0.29, 0.717) is 16.9 Å². The van der Waals surface area contributed by atoms with Gasteiger partial charge in [0.25, 0.3) is 0 Å². The van der Waals surface area contributed by atoms with Crippen LogP contribution in [0.3, 0.4) is 0 Å². The van der Waals surface area contributed by atoms with E-state index in [9.17, 15) is 9.59 Å². The Morgan fingerprint density at radius 3 is 2.62 bits per heavy atom. The number of pyridine rings is 1. The zero-order valence-electron chi connectivity index (χ0n) is 14.6. The van der Waals surface area contributed by atoms with E-state index in [1.165, 1.54) is 19.6 Å². The van der Waals surface area contributed by atoms with Crippen LogP contribution < -0.4 is 0 Å². The van der Waals surface area contributed by atoms with Crippen molar-refractivity contribution >= 4 is 11.9 Å². The normalized spacial score (nSPS) is 10.6. The van der Waals surface area contributed by atoms with Gasteiger partial charge in [0.1, 0.15) is 6.61 Å². The number of esters is 2. The Kier molecular flexibility index (Phi) is 4.83. The second-order valence-corrected chi connectivity index (χ2v) is 5.59. The highest BCUT2D eigenvalue weighted by Gasteiger charge is 2.18. The lowest BCUT2D eigenvalue weighted by atomic mass is 10.2. The molecule has 0 N–H and O–H groups in total. The maximum absolute atomic E-state index is 12.2. The summed E-state index contributed by atoms with van der Waals surface area (Å²) in [5.41, 5.74) is 2.55. The van der Waals surface area contributed by atoms with Crippen molar-refractivity contribution in [3.8, 4) is 5.82 Å². The minimum atomic E-state index is -0.628. The number of furan rings is 1. The Bertz CT molecular complexity index is 940. The van der Waals surface area contributed by atoms with Gasteiger partial charge in [0, 0.05) is 17.5 Å². The molecule has 3 aromatic heterocycles. The molecule has 8 heteroatoms. The number of hydrogen-bond donors (Lipinski definition) is 0. The highest BCUT2D eigenvalue weighted by molar-refractivity contribution is 5.90. The lowest BCUT2D eigenvalue weighted by Crippen LogP contribution is -2.09. The first-order chi connectivity index (χ1) is 12.5. The van der Waals surface area contributed by atoms with E-state index in [1.54, 1.807) is 22.9 Å². The number of carbonyl (C=O) groups excluding carboxylic acids is 2. The number of hydrogen-bond acceptors (Lipinski definition) is 7. The third-order valence-electron chi connectivity index (χ3n) is 3.69. The molecule has 0 spiro atoms. The van der Waals surface area contributed by atoms with E-state index in [1.807, 2.05) is 19.9 Å². The van der Waals surface area contributed by atoms with Gasteiger partial charge in [-0.25, -0.2) is 19.3 Å². The molecule has 3 aromatic rings. The van der Waals surface area contributed by atoms with Crippen LogP contribution >= 0.6 is 0 Å². The van der Waals surface area contributed by atoms with Crippen LogP contribution in [-0.2, 0) is 16.1 Å². The number of rotatable bonds is 5. The summed E-state index contributed by atoms with van der Waals surface area (Å²) in [5.74, 6) is -0.570. The molecule has 0 radical (unpaired) electrons. The fourth-order valence-electron chi connectivity index (χ4n) is 2.44. The summed E-state index contributed by atoms with van der Waals surface area (Å²) >= 11 is 0. The van der Waals surface area contributed by atoms with Crippen LogP contribution in [0.25, 0.3) is 5.82 Å². The summed E-state index contributed by atoms with van der Waals surface area (Å²) < 4.78 is 16.6. The molecule has 0 aliphatic carbocycles. The SMILES string of the molecule is COC(=O)c1occc1COC(=O)c1ccc(-n2nc(C)cc2C)nc1. The van der Waals surface area contributed by atoms with Crippen molar-refractivity contribution in [3.63, 3.8) is 0 Å². The molecule has 0 aliphatic heterocycles. The molecule has 0 aromatic carbocycles. The van der Waals surface area contributed by atoms with Crippen LogP contribution in [0.1, 0.15) is 37.9 Å². The predicted molar refractivity (Wildman–Crippen MR) is 90.0 cm³/mol. The molecule has 3 heterocycles. The van der Waals surface area contributed by atoms with Crippen LogP contribution in [0.2, 0.25) is 0 Å². The highest BCUT2D eigenvalue weighted by atomic mass is 16.5. The molecule has 0 aliphatic rings. The summed E-state index contributed by atoms with van der Waals surface area (Å²) in [7, 11) is 1.25. The molecular weight excluding hydrogens is 338 g/mol. The van der Waals surface area contributed by atoms with Crippen LogP contribution in [0.4, 0.5) is 0 Å². The Labute approximate surface area is 149 Å². The van der Waals surface area contributed by atoms with Gasteiger partial charge in [-0.2, -0.15) is 5.10 Å². The third kappa shape index (κ3) is 3.49. The van der Waals surface area contributed by atoms with Crippen molar-refractivity contribution in [1.82, 2.24) is 14.8 Å². The second-order valence-electron chi connectivity index (χ2n) is 5.59. The van der Waals surface area contributed by atoms with Gasteiger partial charge in [0.15, 0.2) is 5.82 Å². The van der Waals surface area contributed by atoms with Gasteiger partial charge in [-0.05, 0) is 38.1 Å². The Hall–Kier alpha value is -3.42. The van der Waals surface area contributed by atoms with E-state index in [2.05, 4.69) is 14.8 Å². The van der Waals surface area contributed by atoms with Gasteiger partial charge in [0.2, 0.25) is 5.76 Å². The lowest BCUT2D eigenvalue weighted by Gasteiger charge is -2.06. The van der Waals surface area contributed by atoms with Crippen LogP contribution in [0.5, 0.6) is 0 Å². The first-order valence-electron chi connectivity index (χ1n) is 7.81. The second kappa shape index (κ2) is 7.22. The molecule has 0 bridgehead atoms. The quantitative estimate of drug-likeness (QED) is 0.649. The molecule has 0 unspecified atom stereocenters. The molecule has 3 rings (SSSR count). The molecule has 26 heavy (non-hydrogen) atoms. The van der Waals surface area contributed by atoms with Crippen molar-refractivity contribution in [1.29, 1.82) is 0 Å². The summed E-state index contributed by atoms with van der Waals surface area (Å²) in [4.78, 5) is 28.0. The summed E-state index contributed by atoms with van der Waals surface area (Å²) in [6.07, 6.45) is 2.75. The lowest BCUT2D eigenvalue weighted by molar-refractivity contribution is 0.0453. The first kappa shape index (κ1) is 17.4. The number of ether oxygens (including phenoxy) is 2. The molecule has 0 saturated carbocycles. The molecule has 8 nitrogen and oxygen atoms in total. The maximum Gasteiger partial charge on any atom is 0.374 e. The van der Waals surface area contributed by atoms with E-state index >= 15 is 0 Å². The molecule has 134 valence electrons. The molecule has 0 amide bonds. The summed E-state index contributed by atoms with van der Waals surface area (Å²) in [6, 6.07) is 6.78. The molecule has 0 saturated heterocycles. The predicted octanol–water partition coefficient (Wildman–Crippen LogP) is 2.62. The van der Waals surface area contributed by atoms with Crippen molar-refractivity contribution in [2.24, 2.45) is 0 Å². The van der Waals surface area contributed by atoms with Crippen molar-refractivity contribution in [2.75, 3.05) is 7.11 Å². The smallest absolute Gasteiger partial charge is 0.374 e. The molecule has 0 fully saturated rings. The van der Waals surface area contributed by atoms with Crippen LogP contribution in [0, 0.1) is 13.8 Å². The number of carbonyl (C=O) groups is 2. The summed E-state index contributed by atoms with van der Waals surface area (Å²) in [6.45, 7) is 3.71. The van der Waals surface area contributed by atoms with Crippen LogP contribution in [-0.4, -0.2) is 33.8 Å². The fraction of sp³-hybridized carbons (Fsp3) is 0.222. The number of methoxy groups -OCH3 is 1. The van der Waals surface area contributed by atoms with Gasteiger partial charge in [-0.3, -0.25) is 0 Å². The summed E-state index contributed by atoms with van der Waals surface area (Å²) in [5, 5.41) is 4.34. The number of nitrogens with zero attached hydrogens (tertiary/aromatic N) is 3. The average molecular weight is 355 g/mol. The average Bonchev–Trinajstić information content (AvgIpc) is 3.25. The zero-order chi connectivity index (χ0) is 18.7. The van der Waals surface area contributed by atoms with Gasteiger partial charge in [-0.1, -0.05) is 0 Å². The minimum Gasteiger partial charge on any atom is -0.463 e. The van der Waals surface area contributed by atoms with Crippen molar-refractivity contribution in [3.05, 3.63) is 65.0 Å². The van der Waals surface area contributed by atoms with Gasteiger partial charge < -0.3 is 13.9 Å². The number of aryl methyl sites for hydroxylation is 2. The van der Waals surface area contributed by atoms with E-state index in [-0.39, 0.29) is 12.4 Å². The fourth-order valence-corrected chi connectivity index (χ4v) is 2.44. The largest absolute Gasteiger partial charge is 0.463 e. The minimum absolute atomic E-state index is 0.0123. The third-order valence-corrected chi connectivity index (χ3v) is 3.69. The van der Waals surface area contributed by atoms with Gasteiger partial charge >= 0.3 is 11.9 Å². The number of aromatic nitrogens is 3. The maximum atomic E-state index is 12.2. The monoisotopic (exact) mass is 355 g/mol. The molecular formula is C18H17N3O5. The zero-order valence-corrected chi connectivity index (χ0v) is 14.6. The molecule has 0 atom stereocenters. The van der Waals surface area contributed by atoms with E-state index in [4.69, 9.17) is 9.15 Å². The Morgan fingerprint density at radius 2 is 2.00 bits per heavy atom. The standard InChI is InChI=1S/C18H17N3O5/c1-11-8-12(2)21(20-11)15-5-4-13(9-19-15)17(22)26-10-14-6-7-25-16(14)18(23)24-3/h4-9H,10H2,1-3H3.